The second-order valence-corrected chi connectivity index (χ2v) is 13.0. The van der Waals surface area contributed by atoms with Crippen molar-refractivity contribution in [3.05, 3.63) is 36.5 Å². The summed E-state index contributed by atoms with van der Waals surface area (Å²) >= 11 is 0. The second kappa shape index (κ2) is 33.4. The van der Waals surface area contributed by atoms with Gasteiger partial charge < -0.3 is 19.7 Å². The Morgan fingerprint density at radius 2 is 1.07 bits per heavy atom. The molecule has 262 valence electrons. The van der Waals surface area contributed by atoms with Gasteiger partial charge in [0.15, 0.2) is 0 Å². The molecule has 0 spiro atoms. The fourth-order valence-electron chi connectivity index (χ4n) is 5.07. The van der Waals surface area contributed by atoms with Gasteiger partial charge in [0.25, 0.3) is 0 Å². The molecule has 0 bridgehead atoms. The third-order valence-electron chi connectivity index (χ3n) is 7.90. The van der Waals surface area contributed by atoms with Crippen molar-refractivity contribution in [1.82, 2.24) is 0 Å². The van der Waals surface area contributed by atoms with Crippen molar-refractivity contribution >= 4 is 11.9 Å². The third-order valence-corrected chi connectivity index (χ3v) is 7.90. The number of unbranched alkanes of at least 4 members (excludes halogenated alkanes) is 16. The van der Waals surface area contributed by atoms with E-state index in [9.17, 15) is 19.8 Å². The zero-order chi connectivity index (χ0) is 33.2. The lowest BCUT2D eigenvalue weighted by Gasteiger charge is -2.12. The maximum absolute atomic E-state index is 11.9. The minimum Gasteiger partial charge on any atom is -0.463 e. The Balaban J connectivity index is 3.51. The molecule has 0 aliphatic rings. The van der Waals surface area contributed by atoms with E-state index in [4.69, 9.17) is 9.47 Å². The van der Waals surface area contributed by atoms with Crippen molar-refractivity contribution in [3.63, 3.8) is 0 Å². The molecule has 0 aliphatic heterocycles. The van der Waals surface area contributed by atoms with E-state index >= 15 is 0 Å². The number of aliphatic hydroxyl groups is 2. The lowest BCUT2D eigenvalue weighted by Crippen LogP contribution is -2.25. The first kappa shape index (κ1) is 43.1. The molecule has 0 fully saturated rings. The highest BCUT2D eigenvalue weighted by Gasteiger charge is 2.12. The molecule has 6 heteroatoms. The number of carbonyl (C=O) groups is 2. The van der Waals surface area contributed by atoms with E-state index in [1.807, 2.05) is 24.3 Å². The van der Waals surface area contributed by atoms with E-state index in [0.717, 1.165) is 70.1 Å². The van der Waals surface area contributed by atoms with Gasteiger partial charge in [-0.1, -0.05) is 154 Å². The Morgan fingerprint density at radius 3 is 1.56 bits per heavy atom. The van der Waals surface area contributed by atoms with Crippen molar-refractivity contribution in [1.29, 1.82) is 0 Å². The van der Waals surface area contributed by atoms with Gasteiger partial charge in [0.2, 0.25) is 0 Å². The Bertz CT molecular complexity index is 757. The lowest BCUT2D eigenvalue weighted by atomic mass is 10.0. The molecule has 6 nitrogen and oxygen atoms in total. The summed E-state index contributed by atoms with van der Waals surface area (Å²) in [7, 11) is 0. The van der Waals surface area contributed by atoms with E-state index in [0.29, 0.717) is 19.3 Å². The van der Waals surface area contributed by atoms with E-state index in [1.165, 1.54) is 64.2 Å². The number of ether oxygens (including phenoxy) is 2. The highest BCUT2D eigenvalue weighted by Crippen LogP contribution is 2.15. The van der Waals surface area contributed by atoms with Gasteiger partial charge in [0, 0.05) is 12.8 Å². The van der Waals surface area contributed by atoms with Crippen LogP contribution >= 0.6 is 0 Å². The van der Waals surface area contributed by atoms with Crippen molar-refractivity contribution in [3.8, 4) is 0 Å². The largest absolute Gasteiger partial charge is 0.463 e. The summed E-state index contributed by atoms with van der Waals surface area (Å²) in [5, 5.41) is 19.8. The first-order valence-corrected chi connectivity index (χ1v) is 18.5. The number of esters is 2. The average molecular weight is 635 g/mol. The van der Waals surface area contributed by atoms with Crippen LogP contribution in [0.4, 0.5) is 0 Å². The Hall–Kier alpha value is -1.92. The molecule has 0 aromatic rings. The van der Waals surface area contributed by atoms with Crippen molar-refractivity contribution in [2.45, 2.75) is 181 Å². The minimum absolute atomic E-state index is 0.134. The summed E-state index contributed by atoms with van der Waals surface area (Å²) in [6.45, 7) is 6.41. The Kier molecular flexibility index (Phi) is 32.0. The molecule has 0 saturated heterocycles. The topological polar surface area (TPSA) is 93.1 Å². The van der Waals surface area contributed by atoms with E-state index in [1.54, 1.807) is 0 Å². The fourth-order valence-corrected chi connectivity index (χ4v) is 5.07. The molecule has 0 rings (SSSR count). The number of carbonyl (C=O) groups excluding carboxylic acids is 2. The van der Waals surface area contributed by atoms with Gasteiger partial charge in [-0.15, -0.1) is 0 Å². The Labute approximate surface area is 277 Å². The Morgan fingerprint density at radius 1 is 0.600 bits per heavy atom. The molecule has 2 atom stereocenters. The van der Waals surface area contributed by atoms with Gasteiger partial charge >= 0.3 is 11.9 Å². The van der Waals surface area contributed by atoms with Crippen LogP contribution in [0.25, 0.3) is 0 Å². The number of allylic oxidation sites excluding steroid dienone is 4. The smallest absolute Gasteiger partial charge is 0.305 e. The molecule has 0 aromatic carbocycles. The van der Waals surface area contributed by atoms with Gasteiger partial charge in [-0.25, -0.2) is 0 Å². The maximum Gasteiger partial charge on any atom is 0.305 e. The monoisotopic (exact) mass is 635 g/mol. The van der Waals surface area contributed by atoms with Crippen molar-refractivity contribution in [2.75, 3.05) is 13.2 Å². The number of rotatable bonds is 32. The van der Waals surface area contributed by atoms with Gasteiger partial charge in [0.1, 0.15) is 19.3 Å². The van der Waals surface area contributed by atoms with Crippen LogP contribution in [-0.2, 0) is 19.1 Å². The van der Waals surface area contributed by atoms with Gasteiger partial charge in [-0.3, -0.25) is 9.59 Å². The van der Waals surface area contributed by atoms with Crippen LogP contribution in [0.3, 0.4) is 0 Å². The molecule has 0 heterocycles. The van der Waals surface area contributed by atoms with Crippen molar-refractivity contribution in [2.24, 2.45) is 5.92 Å². The SMILES string of the molecule is CC/C=C/CC(O)/C=C/C=C/CCCCCCCC(=O)OC[C@H](O)COC(=O)CCCCCCCCCCCCCCC(C)C. The van der Waals surface area contributed by atoms with Crippen LogP contribution in [0.2, 0.25) is 0 Å². The molecule has 0 saturated carbocycles. The summed E-state index contributed by atoms with van der Waals surface area (Å²) in [4.78, 5) is 23.9. The van der Waals surface area contributed by atoms with E-state index in [-0.39, 0.29) is 25.2 Å². The fraction of sp³-hybridized carbons (Fsp3) is 0.795. The minimum atomic E-state index is -0.984. The normalized spacial score (nSPS) is 13.4. The molecule has 0 aromatic heterocycles. The molecule has 0 radical (unpaired) electrons. The second-order valence-electron chi connectivity index (χ2n) is 13.0. The highest BCUT2D eigenvalue weighted by atomic mass is 16.6. The molecule has 2 N–H and O–H groups in total. The zero-order valence-corrected chi connectivity index (χ0v) is 29.4. The standard InChI is InChI=1S/C39H70O6/c1-4-5-23-29-36(40)30-25-20-16-12-10-14-18-22-27-32-39(43)45-34-37(41)33-44-38(42)31-26-21-17-13-9-7-6-8-11-15-19-24-28-35(2)3/h5,16,20,23,25,30,35-37,40-41H,4,6-15,17-19,21-22,24,26-29,31-34H2,1-3H3/b20-16+,23-5+,30-25+/t36?,37-/m1/s1. The van der Waals surface area contributed by atoms with Crippen LogP contribution in [0.1, 0.15) is 168 Å². The predicted octanol–water partition coefficient (Wildman–Crippen LogP) is 10.1. The lowest BCUT2D eigenvalue weighted by molar-refractivity contribution is -0.152. The summed E-state index contributed by atoms with van der Waals surface area (Å²) in [5.74, 6) is 0.220. The summed E-state index contributed by atoms with van der Waals surface area (Å²) in [6.07, 6.45) is 35.3. The van der Waals surface area contributed by atoms with Crippen LogP contribution in [0.15, 0.2) is 36.5 Å². The third kappa shape index (κ3) is 34.8. The molecular formula is C39H70O6. The molecule has 0 amide bonds. The van der Waals surface area contributed by atoms with Gasteiger partial charge in [0.05, 0.1) is 6.10 Å². The first-order valence-electron chi connectivity index (χ1n) is 18.5. The highest BCUT2D eigenvalue weighted by molar-refractivity contribution is 5.69. The average Bonchev–Trinajstić information content (AvgIpc) is 3.01. The number of hydrogen-bond acceptors (Lipinski definition) is 6. The molecule has 45 heavy (non-hydrogen) atoms. The van der Waals surface area contributed by atoms with Gasteiger partial charge in [-0.05, 0) is 44.4 Å². The van der Waals surface area contributed by atoms with Crippen LogP contribution in [0, 0.1) is 5.92 Å². The zero-order valence-electron chi connectivity index (χ0n) is 29.4. The van der Waals surface area contributed by atoms with Crippen LogP contribution < -0.4 is 0 Å². The summed E-state index contributed by atoms with van der Waals surface area (Å²) < 4.78 is 10.3. The quantitative estimate of drug-likeness (QED) is 0.0331. The van der Waals surface area contributed by atoms with Crippen LogP contribution in [-0.4, -0.2) is 47.6 Å². The van der Waals surface area contributed by atoms with E-state index < -0.39 is 12.2 Å². The number of hydrogen-bond donors (Lipinski definition) is 2. The molecule has 1 unspecified atom stereocenters. The number of aliphatic hydroxyl groups excluding tert-OH is 2. The predicted molar refractivity (Wildman–Crippen MR) is 188 cm³/mol. The molecular weight excluding hydrogens is 564 g/mol. The maximum atomic E-state index is 11.9. The molecule has 0 aliphatic carbocycles. The van der Waals surface area contributed by atoms with Crippen LogP contribution in [0.5, 0.6) is 0 Å². The first-order chi connectivity index (χ1) is 21.8. The van der Waals surface area contributed by atoms with Crippen molar-refractivity contribution < 1.29 is 29.3 Å². The summed E-state index contributed by atoms with van der Waals surface area (Å²) in [6, 6.07) is 0. The van der Waals surface area contributed by atoms with Gasteiger partial charge in [-0.2, -0.15) is 0 Å². The summed E-state index contributed by atoms with van der Waals surface area (Å²) in [5.41, 5.74) is 0. The van der Waals surface area contributed by atoms with E-state index in [2.05, 4.69) is 32.9 Å².